The fraction of sp³-hybridized carbons (Fsp3) is 0.562. The highest BCUT2D eigenvalue weighted by molar-refractivity contribution is 5.98. The first-order valence-electron chi connectivity index (χ1n) is 6.85. The third-order valence-corrected chi connectivity index (χ3v) is 2.96. The summed E-state index contributed by atoms with van der Waals surface area (Å²) in [5.41, 5.74) is -0.418. The number of halogens is 1. The number of carbonyl (C=O) groups excluding carboxylic acids is 1. The van der Waals surface area contributed by atoms with Crippen molar-refractivity contribution >= 4 is 5.91 Å². The number of methoxy groups -OCH3 is 1. The molecular weight excluding hydrogens is 273 g/mol. The number of hydrogen-bond donors (Lipinski definition) is 2. The number of benzene rings is 1. The first kappa shape index (κ1) is 17.3. The molecule has 0 radical (unpaired) electrons. The van der Waals surface area contributed by atoms with Crippen molar-refractivity contribution in [3.63, 3.8) is 0 Å². The number of phenols is 1. The van der Waals surface area contributed by atoms with Gasteiger partial charge in [-0.05, 0) is 37.8 Å². The largest absolute Gasteiger partial charge is 0.504 e. The van der Waals surface area contributed by atoms with Crippen molar-refractivity contribution in [2.45, 2.75) is 46.6 Å². The van der Waals surface area contributed by atoms with Crippen LogP contribution in [-0.4, -0.2) is 23.7 Å². The molecule has 118 valence electrons. The third kappa shape index (κ3) is 4.62. The number of carbonyl (C=O) groups is 1. The van der Waals surface area contributed by atoms with Crippen molar-refractivity contribution in [3.05, 3.63) is 23.5 Å². The summed E-state index contributed by atoms with van der Waals surface area (Å²) >= 11 is 0. The lowest BCUT2D eigenvalue weighted by atomic mass is 9.81. The van der Waals surface area contributed by atoms with Crippen LogP contribution in [0.5, 0.6) is 11.5 Å². The number of ether oxygens (including phenoxy) is 1. The lowest BCUT2D eigenvalue weighted by Gasteiger charge is -2.33. The van der Waals surface area contributed by atoms with Crippen molar-refractivity contribution in [2.24, 2.45) is 5.41 Å². The Labute approximate surface area is 125 Å². The number of hydrogen-bond acceptors (Lipinski definition) is 3. The normalized spacial score (nSPS) is 12.1. The number of amides is 1. The Bertz CT molecular complexity index is 533. The lowest BCUT2D eigenvalue weighted by Crippen LogP contribution is -2.45. The monoisotopic (exact) mass is 297 g/mol. The van der Waals surface area contributed by atoms with Gasteiger partial charge in [0.15, 0.2) is 17.3 Å². The summed E-state index contributed by atoms with van der Waals surface area (Å²) in [6.45, 7) is 10.1. The second-order valence-corrected chi connectivity index (χ2v) is 7.05. The first-order chi connectivity index (χ1) is 9.47. The Hall–Kier alpha value is -1.78. The van der Waals surface area contributed by atoms with E-state index in [9.17, 15) is 14.3 Å². The van der Waals surface area contributed by atoms with Gasteiger partial charge in [-0.25, -0.2) is 4.39 Å². The summed E-state index contributed by atoms with van der Waals surface area (Å²) in [6, 6.07) is 2.35. The van der Waals surface area contributed by atoms with Crippen molar-refractivity contribution in [1.29, 1.82) is 0 Å². The smallest absolute Gasteiger partial charge is 0.255 e. The lowest BCUT2D eigenvalue weighted by molar-refractivity contribution is 0.0888. The fourth-order valence-corrected chi connectivity index (χ4v) is 2.67. The van der Waals surface area contributed by atoms with Crippen molar-refractivity contribution in [1.82, 2.24) is 5.32 Å². The molecule has 0 aliphatic heterocycles. The predicted octanol–water partition coefficient (Wildman–Crippen LogP) is 3.48. The molecule has 21 heavy (non-hydrogen) atoms. The van der Waals surface area contributed by atoms with Crippen LogP contribution in [0, 0.1) is 11.2 Å². The number of phenolic OH excluding ortho intramolecular Hbond substituents is 1. The van der Waals surface area contributed by atoms with E-state index in [1.807, 2.05) is 13.8 Å². The summed E-state index contributed by atoms with van der Waals surface area (Å²) in [5.74, 6) is -1.97. The van der Waals surface area contributed by atoms with Crippen molar-refractivity contribution in [3.8, 4) is 11.5 Å². The van der Waals surface area contributed by atoms with Crippen LogP contribution in [0.15, 0.2) is 12.1 Å². The van der Waals surface area contributed by atoms with E-state index in [0.717, 1.165) is 12.5 Å². The van der Waals surface area contributed by atoms with Crippen LogP contribution in [0.2, 0.25) is 0 Å². The van der Waals surface area contributed by atoms with E-state index >= 15 is 0 Å². The van der Waals surface area contributed by atoms with Gasteiger partial charge in [-0.1, -0.05) is 20.8 Å². The van der Waals surface area contributed by atoms with Crippen molar-refractivity contribution in [2.75, 3.05) is 7.11 Å². The molecule has 0 unspecified atom stereocenters. The Morgan fingerprint density at radius 3 is 2.33 bits per heavy atom. The topological polar surface area (TPSA) is 58.6 Å². The van der Waals surface area contributed by atoms with Gasteiger partial charge < -0.3 is 15.2 Å². The Kier molecular flexibility index (Phi) is 4.87. The van der Waals surface area contributed by atoms with E-state index in [-0.39, 0.29) is 16.7 Å². The van der Waals surface area contributed by atoms with E-state index in [4.69, 9.17) is 4.74 Å². The van der Waals surface area contributed by atoms with E-state index < -0.39 is 23.0 Å². The van der Waals surface area contributed by atoms with Gasteiger partial charge >= 0.3 is 0 Å². The number of rotatable bonds is 4. The summed E-state index contributed by atoms with van der Waals surface area (Å²) in [7, 11) is 1.24. The van der Waals surface area contributed by atoms with Crippen LogP contribution in [0.3, 0.4) is 0 Å². The number of aromatic hydroxyl groups is 1. The predicted molar refractivity (Wildman–Crippen MR) is 80.2 cm³/mol. The maximum atomic E-state index is 13.4. The molecule has 0 aromatic heterocycles. The minimum Gasteiger partial charge on any atom is -0.504 e. The zero-order valence-corrected chi connectivity index (χ0v) is 13.5. The molecule has 1 aromatic carbocycles. The van der Waals surface area contributed by atoms with Crippen LogP contribution < -0.4 is 10.1 Å². The van der Waals surface area contributed by atoms with Gasteiger partial charge in [0.2, 0.25) is 0 Å². The minimum atomic E-state index is -0.708. The van der Waals surface area contributed by atoms with Crippen molar-refractivity contribution < 1.29 is 19.0 Å². The standard InChI is InChI=1S/C16H24FNO3/c1-15(2,3)9-16(4,5)18-14(20)10-7-8-11(17)13(21-6)12(10)19/h7-8,19H,9H2,1-6H3,(H,18,20). The maximum absolute atomic E-state index is 13.4. The Morgan fingerprint density at radius 2 is 1.86 bits per heavy atom. The van der Waals surface area contributed by atoms with Gasteiger partial charge in [0.25, 0.3) is 5.91 Å². The molecule has 2 N–H and O–H groups in total. The molecule has 4 nitrogen and oxygen atoms in total. The van der Waals surface area contributed by atoms with Gasteiger partial charge in [-0.15, -0.1) is 0 Å². The zero-order valence-electron chi connectivity index (χ0n) is 13.5. The molecule has 1 rings (SSSR count). The molecule has 1 amide bonds. The highest BCUT2D eigenvalue weighted by Crippen LogP contribution is 2.33. The second-order valence-electron chi connectivity index (χ2n) is 7.05. The van der Waals surface area contributed by atoms with Gasteiger partial charge in [-0.3, -0.25) is 4.79 Å². The van der Waals surface area contributed by atoms with Crippen LogP contribution in [-0.2, 0) is 0 Å². The van der Waals surface area contributed by atoms with Crippen LogP contribution in [0.1, 0.15) is 51.4 Å². The molecule has 0 saturated heterocycles. The van der Waals surface area contributed by atoms with Gasteiger partial charge in [0.05, 0.1) is 12.7 Å². The molecule has 0 spiro atoms. The third-order valence-electron chi connectivity index (χ3n) is 2.96. The highest BCUT2D eigenvalue weighted by atomic mass is 19.1. The summed E-state index contributed by atoms with van der Waals surface area (Å²) in [4.78, 5) is 12.3. The first-order valence-corrected chi connectivity index (χ1v) is 6.85. The molecule has 0 aliphatic rings. The molecule has 5 heteroatoms. The molecule has 0 fully saturated rings. The molecule has 0 heterocycles. The second kappa shape index (κ2) is 5.92. The minimum absolute atomic E-state index is 0.00441. The van der Waals surface area contributed by atoms with Crippen LogP contribution in [0.4, 0.5) is 4.39 Å². The average Bonchev–Trinajstić information content (AvgIpc) is 2.24. The van der Waals surface area contributed by atoms with E-state index in [1.54, 1.807) is 0 Å². The fourth-order valence-electron chi connectivity index (χ4n) is 2.67. The summed E-state index contributed by atoms with van der Waals surface area (Å²) < 4.78 is 18.2. The Morgan fingerprint density at radius 1 is 1.29 bits per heavy atom. The zero-order chi connectivity index (χ0) is 16.4. The van der Waals surface area contributed by atoms with Crippen LogP contribution in [0.25, 0.3) is 0 Å². The molecule has 0 saturated carbocycles. The summed E-state index contributed by atoms with van der Waals surface area (Å²) in [5, 5.41) is 12.8. The molecular formula is C16H24FNO3. The molecule has 0 bridgehead atoms. The van der Waals surface area contributed by atoms with E-state index in [0.29, 0.717) is 0 Å². The average molecular weight is 297 g/mol. The van der Waals surface area contributed by atoms with Gasteiger partial charge in [0.1, 0.15) is 0 Å². The highest BCUT2D eigenvalue weighted by Gasteiger charge is 2.29. The Balaban J connectivity index is 3.00. The summed E-state index contributed by atoms with van der Waals surface area (Å²) in [6.07, 6.45) is 0.755. The number of nitrogens with one attached hydrogen (secondary N) is 1. The molecule has 0 atom stereocenters. The molecule has 1 aromatic rings. The van der Waals surface area contributed by atoms with Gasteiger partial charge in [-0.2, -0.15) is 0 Å². The molecule has 0 aliphatic carbocycles. The SMILES string of the molecule is COc1c(F)ccc(C(=O)NC(C)(C)CC(C)(C)C)c1O. The van der Waals surface area contributed by atoms with Gasteiger partial charge in [0, 0.05) is 5.54 Å². The van der Waals surface area contributed by atoms with E-state index in [1.165, 1.54) is 13.2 Å². The quantitative estimate of drug-likeness (QED) is 0.894. The van der Waals surface area contributed by atoms with E-state index in [2.05, 4.69) is 26.1 Å². The van der Waals surface area contributed by atoms with Crippen LogP contribution >= 0.6 is 0 Å². The maximum Gasteiger partial charge on any atom is 0.255 e.